The summed E-state index contributed by atoms with van der Waals surface area (Å²) in [6.07, 6.45) is 7.02. The maximum Gasteiger partial charge on any atom is 0.227 e. The molecule has 1 unspecified atom stereocenters. The van der Waals surface area contributed by atoms with Gasteiger partial charge in [0.1, 0.15) is 0 Å². The summed E-state index contributed by atoms with van der Waals surface area (Å²) in [5.41, 5.74) is 8.92. The maximum absolute atomic E-state index is 6.07. The second-order valence-corrected chi connectivity index (χ2v) is 8.33. The fourth-order valence-corrected chi connectivity index (χ4v) is 4.34. The number of nitrogens with two attached hydrogens (primary N) is 1. The van der Waals surface area contributed by atoms with E-state index in [2.05, 4.69) is 32.3 Å². The van der Waals surface area contributed by atoms with E-state index in [-0.39, 0.29) is 30.9 Å². The Morgan fingerprint density at radius 2 is 1.81 bits per heavy atom. The lowest BCUT2D eigenvalue weighted by Crippen LogP contribution is -2.33. The van der Waals surface area contributed by atoms with Crippen LogP contribution >= 0.6 is 24.8 Å². The van der Waals surface area contributed by atoms with Gasteiger partial charge in [0.2, 0.25) is 5.95 Å². The van der Waals surface area contributed by atoms with Gasteiger partial charge in [0.25, 0.3) is 0 Å². The molecule has 0 radical (unpaired) electrons. The van der Waals surface area contributed by atoms with E-state index in [0.717, 1.165) is 55.7 Å². The number of hydrogen-bond donors (Lipinski definition) is 3. The number of nitrogens with one attached hydrogen (secondary N) is 2. The minimum Gasteiger partial charge on any atom is -0.379 e. The molecule has 10 heteroatoms. The summed E-state index contributed by atoms with van der Waals surface area (Å²) in [5.74, 6) is 1.41. The summed E-state index contributed by atoms with van der Waals surface area (Å²) in [6.45, 7) is 2.16. The molecule has 0 amide bonds. The van der Waals surface area contributed by atoms with Crippen molar-refractivity contribution in [3.05, 3.63) is 42.2 Å². The Balaban J connectivity index is 0.00000144. The van der Waals surface area contributed by atoms with Gasteiger partial charge in [-0.25, -0.2) is 4.98 Å². The van der Waals surface area contributed by atoms with Crippen LogP contribution in [0.2, 0.25) is 0 Å². The van der Waals surface area contributed by atoms with E-state index < -0.39 is 0 Å². The van der Waals surface area contributed by atoms with Gasteiger partial charge in [0.15, 0.2) is 17.0 Å². The summed E-state index contributed by atoms with van der Waals surface area (Å²) in [4.78, 5) is 14.3. The van der Waals surface area contributed by atoms with E-state index in [9.17, 15) is 0 Å². The van der Waals surface area contributed by atoms with Gasteiger partial charge in [-0.05, 0) is 37.7 Å². The van der Waals surface area contributed by atoms with Gasteiger partial charge in [-0.1, -0.05) is 30.3 Å². The standard InChI is InChI=1S/C22H29N7O.2ClH/c23-16-6-8-17(9-7-16)26-22-27-20(24-12-15-4-2-1-3-5-15)19-21(28-22)29(14-25-19)18-10-11-30-13-18;;/h1-5,14,16-18H,6-13,23H2,(H2,24,26,27,28);2*1H/t16-,17-,18?;;. The van der Waals surface area contributed by atoms with Gasteiger partial charge in [0.05, 0.1) is 19.0 Å². The highest BCUT2D eigenvalue weighted by molar-refractivity contribution is 5.86. The van der Waals surface area contributed by atoms with E-state index in [1.165, 1.54) is 5.56 Å². The number of imidazole rings is 1. The zero-order valence-corrected chi connectivity index (χ0v) is 19.6. The third-order valence-corrected chi connectivity index (χ3v) is 6.13. The number of hydrogen-bond acceptors (Lipinski definition) is 7. The first-order chi connectivity index (χ1) is 14.8. The fourth-order valence-electron chi connectivity index (χ4n) is 4.34. The lowest BCUT2D eigenvalue weighted by molar-refractivity contribution is 0.187. The molecule has 2 aliphatic rings. The quantitative estimate of drug-likeness (QED) is 0.491. The minimum atomic E-state index is 0. The highest BCUT2D eigenvalue weighted by Gasteiger charge is 2.24. The first kappa shape index (κ1) is 24.5. The van der Waals surface area contributed by atoms with Gasteiger partial charge in [-0.15, -0.1) is 24.8 Å². The van der Waals surface area contributed by atoms with E-state index in [1.807, 2.05) is 24.5 Å². The molecule has 8 nitrogen and oxygen atoms in total. The Bertz CT molecular complexity index is 987. The SMILES string of the molecule is Cl.Cl.N[C@H]1CC[C@H](Nc2nc(NCc3ccccc3)c3ncn(C4CCOC4)c3n2)CC1. The Labute approximate surface area is 200 Å². The normalized spacial score (nSPS) is 22.7. The molecule has 4 N–H and O–H groups in total. The van der Waals surface area contributed by atoms with E-state index in [4.69, 9.17) is 20.4 Å². The topological polar surface area (TPSA) is 103 Å². The van der Waals surface area contributed by atoms with Crippen molar-refractivity contribution in [1.82, 2.24) is 19.5 Å². The molecule has 1 aliphatic carbocycles. The molecule has 1 aromatic carbocycles. The van der Waals surface area contributed by atoms with Crippen molar-refractivity contribution >= 4 is 47.7 Å². The number of rotatable bonds is 6. The molecule has 1 atom stereocenters. The molecule has 32 heavy (non-hydrogen) atoms. The molecule has 174 valence electrons. The number of fused-ring (bicyclic) bond motifs is 1. The number of halogens is 2. The van der Waals surface area contributed by atoms with Crippen LogP contribution in [0.5, 0.6) is 0 Å². The number of aromatic nitrogens is 4. The van der Waals surface area contributed by atoms with Crippen LogP contribution in [0.15, 0.2) is 36.7 Å². The average Bonchev–Trinajstić information content (AvgIpc) is 3.44. The zero-order valence-electron chi connectivity index (χ0n) is 17.9. The molecule has 2 aromatic heterocycles. The van der Waals surface area contributed by atoms with Crippen LogP contribution in [-0.4, -0.2) is 44.8 Å². The van der Waals surface area contributed by atoms with Crippen LogP contribution in [0.4, 0.5) is 11.8 Å². The number of ether oxygens (including phenoxy) is 1. The lowest BCUT2D eigenvalue weighted by atomic mass is 9.92. The van der Waals surface area contributed by atoms with Crippen molar-refractivity contribution in [2.24, 2.45) is 5.73 Å². The predicted octanol–water partition coefficient (Wildman–Crippen LogP) is 3.93. The van der Waals surface area contributed by atoms with E-state index in [1.54, 1.807) is 0 Å². The molecule has 1 aliphatic heterocycles. The van der Waals surface area contributed by atoms with Crippen molar-refractivity contribution < 1.29 is 4.74 Å². The van der Waals surface area contributed by atoms with E-state index in [0.29, 0.717) is 31.2 Å². The van der Waals surface area contributed by atoms with Crippen molar-refractivity contribution in [3.8, 4) is 0 Å². The van der Waals surface area contributed by atoms with Crippen LogP contribution in [-0.2, 0) is 11.3 Å². The minimum absolute atomic E-state index is 0. The zero-order chi connectivity index (χ0) is 20.3. The van der Waals surface area contributed by atoms with Gasteiger partial charge < -0.3 is 25.7 Å². The number of nitrogens with zero attached hydrogens (tertiary/aromatic N) is 4. The van der Waals surface area contributed by atoms with Crippen LogP contribution in [0.1, 0.15) is 43.7 Å². The van der Waals surface area contributed by atoms with Crippen LogP contribution < -0.4 is 16.4 Å². The molecule has 0 spiro atoms. The smallest absolute Gasteiger partial charge is 0.227 e. The molecular formula is C22H31Cl2N7O. The van der Waals surface area contributed by atoms with Crippen molar-refractivity contribution in [2.75, 3.05) is 23.8 Å². The summed E-state index contributed by atoms with van der Waals surface area (Å²) in [5, 5.41) is 7.02. The van der Waals surface area contributed by atoms with Gasteiger partial charge >= 0.3 is 0 Å². The Morgan fingerprint density at radius 3 is 2.53 bits per heavy atom. The fraction of sp³-hybridized carbons (Fsp3) is 0.500. The van der Waals surface area contributed by atoms with Crippen LogP contribution in [0.3, 0.4) is 0 Å². The first-order valence-corrected chi connectivity index (χ1v) is 10.9. The highest BCUT2D eigenvalue weighted by atomic mass is 35.5. The molecule has 5 rings (SSSR count). The molecule has 1 saturated heterocycles. The third kappa shape index (κ3) is 5.43. The molecule has 3 heterocycles. The summed E-state index contributed by atoms with van der Waals surface area (Å²) < 4.78 is 7.73. The summed E-state index contributed by atoms with van der Waals surface area (Å²) in [7, 11) is 0. The third-order valence-electron chi connectivity index (χ3n) is 6.13. The monoisotopic (exact) mass is 479 g/mol. The van der Waals surface area contributed by atoms with Crippen molar-refractivity contribution in [1.29, 1.82) is 0 Å². The van der Waals surface area contributed by atoms with Gasteiger partial charge in [-0.2, -0.15) is 9.97 Å². The van der Waals surface area contributed by atoms with Gasteiger partial charge in [-0.3, -0.25) is 0 Å². The molecular weight excluding hydrogens is 449 g/mol. The average molecular weight is 480 g/mol. The van der Waals surface area contributed by atoms with Gasteiger partial charge in [0, 0.05) is 25.2 Å². The highest BCUT2D eigenvalue weighted by Crippen LogP contribution is 2.28. The largest absolute Gasteiger partial charge is 0.379 e. The van der Waals surface area contributed by atoms with Crippen molar-refractivity contribution in [3.63, 3.8) is 0 Å². The summed E-state index contributed by atoms with van der Waals surface area (Å²) in [6, 6.07) is 11.3. The van der Waals surface area contributed by atoms with Crippen LogP contribution in [0.25, 0.3) is 11.2 Å². The Hall–Kier alpha value is -2.13. The predicted molar refractivity (Wildman–Crippen MR) is 132 cm³/mol. The molecule has 0 bridgehead atoms. The summed E-state index contributed by atoms with van der Waals surface area (Å²) >= 11 is 0. The molecule has 2 fully saturated rings. The second kappa shape index (κ2) is 11.1. The maximum atomic E-state index is 6.07. The Morgan fingerprint density at radius 1 is 1.03 bits per heavy atom. The van der Waals surface area contributed by atoms with Crippen LogP contribution in [0, 0.1) is 0 Å². The molecule has 1 saturated carbocycles. The van der Waals surface area contributed by atoms with E-state index >= 15 is 0 Å². The number of benzene rings is 1. The van der Waals surface area contributed by atoms with Crippen molar-refractivity contribution in [2.45, 2.75) is 56.8 Å². The second-order valence-electron chi connectivity index (χ2n) is 8.33. The lowest BCUT2D eigenvalue weighted by Gasteiger charge is -2.27. The molecule has 3 aromatic rings. The first-order valence-electron chi connectivity index (χ1n) is 10.9. The number of anilines is 2. The Kier molecular flexibility index (Phi) is 8.53.